The Balaban J connectivity index is 1.81. The number of amides is 2. The van der Waals surface area contributed by atoms with Crippen LogP contribution < -0.4 is 15.4 Å². The third-order valence-electron chi connectivity index (χ3n) is 7.18. The van der Waals surface area contributed by atoms with Crippen molar-refractivity contribution in [2.24, 2.45) is 0 Å². The first-order valence-corrected chi connectivity index (χ1v) is 14.9. The fraction of sp³-hybridized carbons (Fsp3) is 0.412. The van der Waals surface area contributed by atoms with E-state index in [0.717, 1.165) is 36.6 Å². The molecule has 0 aromatic heterocycles. The Morgan fingerprint density at radius 1 is 0.909 bits per heavy atom. The van der Waals surface area contributed by atoms with Crippen molar-refractivity contribution in [3.05, 3.63) is 100 Å². The molecule has 0 bridgehead atoms. The standard InChI is InChI=1S/C34H43F2N3O5/c1-5-10-39(11-6-2)34(43)26-13-22(3)12-25(18-26)33(42)38-30(17-24-14-27(35)19-28(36)15-24)32(41)31(40)21-37-20-23-8-7-9-29(16-23)44-4/h7-9,12-16,18-19,30-32,37,40-41H,5-6,10-11,17,20-21H2,1-4H3,(H,38,42)/t30-,31-,32-/m0/s1. The second-order valence-corrected chi connectivity index (χ2v) is 11.0. The molecule has 0 saturated heterocycles. The van der Waals surface area contributed by atoms with Crippen molar-refractivity contribution >= 4 is 11.8 Å². The molecule has 238 valence electrons. The molecule has 2 amide bonds. The Labute approximate surface area is 258 Å². The Hall–Kier alpha value is -3.86. The lowest BCUT2D eigenvalue weighted by atomic mass is 9.96. The largest absolute Gasteiger partial charge is 0.497 e. The Kier molecular flexibility index (Phi) is 13.3. The highest BCUT2D eigenvalue weighted by Gasteiger charge is 2.29. The summed E-state index contributed by atoms with van der Waals surface area (Å²) in [6.07, 6.45) is -1.41. The van der Waals surface area contributed by atoms with E-state index in [9.17, 15) is 28.6 Å². The summed E-state index contributed by atoms with van der Waals surface area (Å²) in [5.41, 5.74) is 2.34. The second kappa shape index (κ2) is 16.8. The number of ether oxygens (including phenoxy) is 1. The highest BCUT2D eigenvalue weighted by atomic mass is 19.1. The first-order chi connectivity index (χ1) is 21.0. The summed E-state index contributed by atoms with van der Waals surface area (Å²) >= 11 is 0. The zero-order valence-corrected chi connectivity index (χ0v) is 25.8. The van der Waals surface area contributed by atoms with Gasteiger partial charge in [0.15, 0.2) is 0 Å². The van der Waals surface area contributed by atoms with Gasteiger partial charge in [-0.15, -0.1) is 0 Å². The van der Waals surface area contributed by atoms with Crippen LogP contribution in [0.4, 0.5) is 8.78 Å². The highest BCUT2D eigenvalue weighted by molar-refractivity contribution is 6.00. The SMILES string of the molecule is CCCN(CCC)C(=O)c1cc(C)cc(C(=O)N[C@@H](Cc2cc(F)cc(F)c2)[C@H](O)[C@@H](O)CNCc2cccc(OC)c2)c1. The minimum absolute atomic E-state index is 0.0317. The number of methoxy groups -OCH3 is 1. The average molecular weight is 612 g/mol. The van der Waals surface area contributed by atoms with Crippen LogP contribution in [-0.4, -0.2) is 71.9 Å². The molecule has 0 spiro atoms. The molecular formula is C34H43F2N3O5. The lowest BCUT2D eigenvalue weighted by Gasteiger charge is -2.28. The predicted molar refractivity (Wildman–Crippen MR) is 166 cm³/mol. The van der Waals surface area contributed by atoms with Crippen LogP contribution in [0.3, 0.4) is 0 Å². The first kappa shape index (κ1) is 34.6. The van der Waals surface area contributed by atoms with Gasteiger partial charge in [-0.1, -0.05) is 26.0 Å². The quantitative estimate of drug-likeness (QED) is 0.191. The van der Waals surface area contributed by atoms with Crippen LogP contribution in [0.5, 0.6) is 5.75 Å². The van der Waals surface area contributed by atoms with Crippen LogP contribution in [0.2, 0.25) is 0 Å². The Morgan fingerprint density at radius 3 is 2.20 bits per heavy atom. The number of nitrogens with one attached hydrogen (secondary N) is 2. The zero-order chi connectivity index (χ0) is 32.2. The van der Waals surface area contributed by atoms with E-state index in [4.69, 9.17) is 4.74 Å². The third kappa shape index (κ3) is 10.1. The van der Waals surface area contributed by atoms with E-state index in [1.807, 2.05) is 38.1 Å². The maximum atomic E-state index is 14.0. The topological polar surface area (TPSA) is 111 Å². The number of benzene rings is 3. The van der Waals surface area contributed by atoms with Crippen molar-refractivity contribution in [3.8, 4) is 5.75 Å². The summed E-state index contributed by atoms with van der Waals surface area (Å²) in [4.78, 5) is 28.5. The van der Waals surface area contributed by atoms with Gasteiger partial charge in [0.25, 0.3) is 11.8 Å². The maximum absolute atomic E-state index is 14.0. The zero-order valence-electron chi connectivity index (χ0n) is 25.8. The molecule has 0 radical (unpaired) electrons. The molecule has 4 N–H and O–H groups in total. The predicted octanol–water partition coefficient (Wildman–Crippen LogP) is 4.40. The van der Waals surface area contributed by atoms with Gasteiger partial charge in [0, 0.05) is 43.4 Å². The van der Waals surface area contributed by atoms with Gasteiger partial charge in [-0.2, -0.15) is 0 Å². The molecule has 0 aliphatic heterocycles. The van der Waals surface area contributed by atoms with Crippen LogP contribution in [0.15, 0.2) is 60.7 Å². The Bertz CT molecular complexity index is 1380. The van der Waals surface area contributed by atoms with Crippen molar-refractivity contribution in [2.45, 2.75) is 64.8 Å². The molecule has 0 aliphatic rings. The van der Waals surface area contributed by atoms with Gasteiger partial charge in [0.2, 0.25) is 0 Å². The van der Waals surface area contributed by atoms with Gasteiger partial charge in [-0.3, -0.25) is 9.59 Å². The molecule has 0 aliphatic carbocycles. The van der Waals surface area contributed by atoms with Gasteiger partial charge < -0.3 is 30.5 Å². The number of nitrogens with zero attached hydrogens (tertiary/aromatic N) is 1. The fourth-order valence-electron chi connectivity index (χ4n) is 5.10. The number of aliphatic hydroxyl groups excluding tert-OH is 2. The van der Waals surface area contributed by atoms with E-state index in [0.29, 0.717) is 36.5 Å². The van der Waals surface area contributed by atoms with E-state index >= 15 is 0 Å². The molecule has 3 rings (SSSR count). The summed E-state index contributed by atoms with van der Waals surface area (Å²) in [5.74, 6) is -1.70. The van der Waals surface area contributed by atoms with E-state index in [-0.39, 0.29) is 30.0 Å². The fourth-order valence-corrected chi connectivity index (χ4v) is 5.10. The molecule has 0 saturated carbocycles. The highest BCUT2D eigenvalue weighted by Crippen LogP contribution is 2.17. The van der Waals surface area contributed by atoms with Crippen molar-refractivity contribution in [2.75, 3.05) is 26.7 Å². The van der Waals surface area contributed by atoms with Gasteiger partial charge in [0.05, 0.1) is 19.3 Å². The monoisotopic (exact) mass is 611 g/mol. The molecule has 3 aromatic rings. The molecule has 0 heterocycles. The molecule has 10 heteroatoms. The van der Waals surface area contributed by atoms with Crippen LogP contribution in [0.1, 0.15) is 64.1 Å². The van der Waals surface area contributed by atoms with Crippen molar-refractivity contribution in [1.29, 1.82) is 0 Å². The third-order valence-corrected chi connectivity index (χ3v) is 7.18. The average Bonchev–Trinajstić information content (AvgIpc) is 2.99. The summed E-state index contributed by atoms with van der Waals surface area (Å²) in [6, 6.07) is 14.0. The van der Waals surface area contributed by atoms with Gasteiger partial charge in [-0.25, -0.2) is 8.78 Å². The lowest BCUT2D eigenvalue weighted by molar-refractivity contribution is -0.00240. The number of carbonyl (C=O) groups excluding carboxylic acids is 2. The summed E-state index contributed by atoms with van der Waals surface area (Å²) in [6.45, 7) is 7.27. The molecule has 0 unspecified atom stereocenters. The van der Waals surface area contributed by atoms with Gasteiger partial charge >= 0.3 is 0 Å². The number of hydrogen-bond acceptors (Lipinski definition) is 6. The first-order valence-electron chi connectivity index (χ1n) is 14.9. The Morgan fingerprint density at radius 2 is 1.57 bits per heavy atom. The van der Waals surface area contributed by atoms with Crippen LogP contribution >= 0.6 is 0 Å². The van der Waals surface area contributed by atoms with Crippen LogP contribution in [0, 0.1) is 18.6 Å². The van der Waals surface area contributed by atoms with Crippen molar-refractivity contribution in [3.63, 3.8) is 0 Å². The molecule has 8 nitrogen and oxygen atoms in total. The second-order valence-electron chi connectivity index (χ2n) is 11.0. The minimum atomic E-state index is -1.50. The molecule has 3 atom stereocenters. The van der Waals surface area contributed by atoms with E-state index in [2.05, 4.69) is 10.6 Å². The number of hydrogen-bond donors (Lipinski definition) is 4. The molecule has 3 aromatic carbocycles. The van der Waals surface area contributed by atoms with Crippen molar-refractivity contribution in [1.82, 2.24) is 15.5 Å². The minimum Gasteiger partial charge on any atom is -0.497 e. The number of aryl methyl sites for hydroxylation is 1. The molecule has 0 fully saturated rings. The molecular weight excluding hydrogens is 568 g/mol. The van der Waals surface area contributed by atoms with E-state index in [1.54, 1.807) is 31.1 Å². The van der Waals surface area contributed by atoms with Crippen LogP contribution in [0.25, 0.3) is 0 Å². The molecule has 44 heavy (non-hydrogen) atoms. The summed E-state index contributed by atoms with van der Waals surface area (Å²) in [7, 11) is 1.56. The smallest absolute Gasteiger partial charge is 0.253 e. The number of rotatable bonds is 16. The summed E-state index contributed by atoms with van der Waals surface area (Å²) < 4.78 is 33.2. The summed E-state index contributed by atoms with van der Waals surface area (Å²) in [5, 5.41) is 27.8. The van der Waals surface area contributed by atoms with Gasteiger partial charge in [0.1, 0.15) is 23.5 Å². The number of aliphatic hydroxyl groups is 2. The maximum Gasteiger partial charge on any atom is 0.253 e. The van der Waals surface area contributed by atoms with Crippen molar-refractivity contribution < 1.29 is 33.3 Å². The van der Waals surface area contributed by atoms with E-state index < -0.39 is 35.8 Å². The lowest BCUT2D eigenvalue weighted by Crippen LogP contribution is -2.52. The van der Waals surface area contributed by atoms with Crippen LogP contribution in [-0.2, 0) is 13.0 Å². The number of halogens is 2. The normalized spacial score (nSPS) is 13.2. The van der Waals surface area contributed by atoms with Gasteiger partial charge in [-0.05, 0) is 85.3 Å². The van der Waals surface area contributed by atoms with E-state index in [1.165, 1.54) is 6.07 Å². The number of carbonyl (C=O) groups is 2.